The van der Waals surface area contributed by atoms with E-state index in [4.69, 9.17) is 0 Å². The van der Waals surface area contributed by atoms with Gasteiger partial charge in [-0.15, -0.1) is 0 Å². The molecule has 1 nitrogen and oxygen atoms in total. The van der Waals surface area contributed by atoms with Crippen LogP contribution in [0.5, 0.6) is 0 Å². The van der Waals surface area contributed by atoms with Crippen LogP contribution in [0.25, 0.3) is 0 Å². The van der Waals surface area contributed by atoms with E-state index < -0.39 is 31.3 Å². The zero-order chi connectivity index (χ0) is 10.7. The average Bonchev–Trinajstić information content (AvgIpc) is 2.16. The third kappa shape index (κ3) is 2.29. The highest BCUT2D eigenvalue weighted by atomic mass is 31.1. The highest BCUT2D eigenvalue weighted by molar-refractivity contribution is 7.54. The lowest BCUT2D eigenvalue weighted by Crippen LogP contribution is -2.14. The standard InChI is InChI=1S/C8H6F4OP/c9-5-3-1-2-4-6(5)14(13)8(12)7(10)11/h1-4,7-8H. The summed E-state index contributed by atoms with van der Waals surface area (Å²) >= 11 is 0. The molecule has 14 heavy (non-hydrogen) atoms. The highest BCUT2D eigenvalue weighted by Crippen LogP contribution is 2.33. The van der Waals surface area contributed by atoms with Crippen molar-refractivity contribution >= 4 is 13.1 Å². The van der Waals surface area contributed by atoms with Gasteiger partial charge < -0.3 is 0 Å². The molecule has 0 N–H and O–H groups in total. The van der Waals surface area contributed by atoms with E-state index in [0.717, 1.165) is 12.1 Å². The van der Waals surface area contributed by atoms with Crippen molar-refractivity contribution in [2.75, 3.05) is 0 Å². The quantitative estimate of drug-likeness (QED) is 0.571. The normalized spacial score (nSPS) is 14.2. The van der Waals surface area contributed by atoms with Gasteiger partial charge in [-0.05, 0) is 12.1 Å². The SMILES string of the molecule is O=[P](c1ccccc1F)C(F)C(F)F. The van der Waals surface area contributed by atoms with Crippen LogP contribution in [-0.2, 0) is 4.57 Å². The van der Waals surface area contributed by atoms with Gasteiger partial charge >= 0.3 is 0 Å². The van der Waals surface area contributed by atoms with E-state index in [1.807, 2.05) is 0 Å². The van der Waals surface area contributed by atoms with Crippen LogP contribution in [0.4, 0.5) is 17.6 Å². The monoisotopic (exact) mass is 225 g/mol. The molecule has 0 aromatic heterocycles. The second-order valence-corrected chi connectivity index (χ2v) is 4.11. The van der Waals surface area contributed by atoms with Crippen LogP contribution < -0.4 is 5.30 Å². The Labute approximate surface area is 78.5 Å². The van der Waals surface area contributed by atoms with E-state index in [0.29, 0.717) is 0 Å². The van der Waals surface area contributed by atoms with E-state index in [1.165, 1.54) is 12.1 Å². The third-order valence-corrected chi connectivity index (χ3v) is 3.03. The molecule has 0 amide bonds. The molecule has 0 saturated heterocycles. The molecule has 0 fully saturated rings. The summed E-state index contributed by atoms with van der Waals surface area (Å²) in [6.45, 7) is 0. The number of benzene rings is 1. The molecule has 0 saturated carbocycles. The molecule has 6 heteroatoms. The van der Waals surface area contributed by atoms with Crippen molar-refractivity contribution in [3.8, 4) is 0 Å². The minimum Gasteiger partial charge on any atom is -0.278 e. The van der Waals surface area contributed by atoms with E-state index >= 15 is 0 Å². The Kier molecular flexibility index (Phi) is 3.58. The molecule has 1 aromatic rings. The number of rotatable bonds is 3. The minimum atomic E-state index is -3.36. The van der Waals surface area contributed by atoms with Crippen LogP contribution in [0.1, 0.15) is 0 Å². The molecule has 1 aromatic carbocycles. The molecule has 0 aliphatic carbocycles. The van der Waals surface area contributed by atoms with E-state index in [1.54, 1.807) is 0 Å². The fourth-order valence-electron chi connectivity index (χ4n) is 0.866. The lowest BCUT2D eigenvalue weighted by atomic mass is 10.3. The lowest BCUT2D eigenvalue weighted by molar-refractivity contribution is 0.0915. The fraction of sp³-hybridized carbons (Fsp3) is 0.250. The van der Waals surface area contributed by atoms with Crippen LogP contribution in [0.15, 0.2) is 24.3 Å². The zero-order valence-corrected chi connectivity index (χ0v) is 7.73. The molecule has 0 aliphatic heterocycles. The summed E-state index contributed by atoms with van der Waals surface area (Å²) in [5.74, 6) is -3.75. The summed E-state index contributed by atoms with van der Waals surface area (Å²) in [6, 6.07) is 4.59. The van der Waals surface area contributed by atoms with Crippen molar-refractivity contribution < 1.29 is 22.1 Å². The topological polar surface area (TPSA) is 17.1 Å². The fourth-order valence-corrected chi connectivity index (χ4v) is 1.85. The summed E-state index contributed by atoms with van der Waals surface area (Å²) < 4.78 is 60.1. The first-order chi connectivity index (χ1) is 6.54. The Morgan fingerprint density at radius 1 is 1.14 bits per heavy atom. The van der Waals surface area contributed by atoms with Gasteiger partial charge in [-0.25, -0.2) is 17.6 Å². The molecule has 1 rings (SSSR count). The Morgan fingerprint density at radius 3 is 2.21 bits per heavy atom. The van der Waals surface area contributed by atoms with E-state index in [9.17, 15) is 22.1 Å². The first kappa shape index (κ1) is 11.1. The van der Waals surface area contributed by atoms with Gasteiger partial charge in [0.2, 0.25) is 5.91 Å². The third-order valence-electron chi connectivity index (χ3n) is 1.52. The first-order valence-corrected chi connectivity index (χ1v) is 5.00. The predicted molar refractivity (Wildman–Crippen MR) is 44.5 cm³/mol. The van der Waals surface area contributed by atoms with E-state index in [-0.39, 0.29) is 0 Å². The summed E-state index contributed by atoms with van der Waals surface area (Å²) in [5.41, 5.74) is 0. The Hall–Kier alpha value is -0.960. The summed E-state index contributed by atoms with van der Waals surface area (Å²) in [6.07, 6.45) is -3.36. The Bertz CT molecular complexity index is 342. The van der Waals surface area contributed by atoms with Crippen molar-refractivity contribution in [3.05, 3.63) is 30.1 Å². The Morgan fingerprint density at radius 2 is 1.71 bits per heavy atom. The molecule has 2 unspecified atom stereocenters. The Balaban J connectivity index is 2.95. The molecule has 0 aliphatic rings. The lowest BCUT2D eigenvalue weighted by Gasteiger charge is -2.06. The van der Waals surface area contributed by atoms with Gasteiger partial charge in [-0.2, -0.15) is 0 Å². The second-order valence-electron chi connectivity index (χ2n) is 2.48. The number of alkyl halides is 3. The van der Waals surface area contributed by atoms with Crippen LogP contribution in [-0.4, -0.2) is 12.3 Å². The van der Waals surface area contributed by atoms with Gasteiger partial charge in [0.15, 0.2) is 0 Å². The van der Waals surface area contributed by atoms with Gasteiger partial charge in [0.1, 0.15) is 13.6 Å². The average molecular weight is 225 g/mol. The van der Waals surface area contributed by atoms with Crippen LogP contribution >= 0.6 is 7.80 Å². The largest absolute Gasteiger partial charge is 0.279 e. The maximum Gasteiger partial charge on any atom is 0.279 e. The van der Waals surface area contributed by atoms with Crippen LogP contribution in [0, 0.1) is 5.82 Å². The van der Waals surface area contributed by atoms with Gasteiger partial charge in [0.05, 0.1) is 5.30 Å². The molecule has 77 valence electrons. The molecule has 0 spiro atoms. The summed E-state index contributed by atoms with van der Waals surface area (Å²) in [5, 5.41) is -0.504. The smallest absolute Gasteiger partial charge is 0.278 e. The van der Waals surface area contributed by atoms with E-state index in [2.05, 4.69) is 0 Å². The van der Waals surface area contributed by atoms with Gasteiger partial charge in [-0.3, -0.25) is 4.57 Å². The predicted octanol–water partition coefficient (Wildman–Crippen LogP) is 2.84. The highest BCUT2D eigenvalue weighted by Gasteiger charge is 2.29. The van der Waals surface area contributed by atoms with Crippen molar-refractivity contribution in [1.82, 2.24) is 0 Å². The number of hydrogen-bond acceptors (Lipinski definition) is 1. The molecule has 2 atom stereocenters. The van der Waals surface area contributed by atoms with Crippen molar-refractivity contribution in [1.29, 1.82) is 0 Å². The van der Waals surface area contributed by atoms with Crippen LogP contribution in [0.3, 0.4) is 0 Å². The number of halogens is 4. The molecule has 0 heterocycles. The maximum absolute atomic E-state index is 12.9. The second kappa shape index (κ2) is 4.51. The molecular formula is C8H6F4OP. The first-order valence-electron chi connectivity index (χ1n) is 3.67. The minimum absolute atomic E-state index is 0.504. The van der Waals surface area contributed by atoms with Crippen molar-refractivity contribution in [3.63, 3.8) is 0 Å². The van der Waals surface area contributed by atoms with Crippen molar-refractivity contribution in [2.45, 2.75) is 12.3 Å². The van der Waals surface area contributed by atoms with Gasteiger partial charge in [0.25, 0.3) is 6.43 Å². The summed E-state index contributed by atoms with van der Waals surface area (Å²) in [4.78, 5) is 0. The van der Waals surface area contributed by atoms with Crippen molar-refractivity contribution in [2.24, 2.45) is 0 Å². The number of hydrogen-bond donors (Lipinski definition) is 0. The van der Waals surface area contributed by atoms with Gasteiger partial charge in [0, 0.05) is 0 Å². The molecular weight excluding hydrogens is 219 g/mol. The van der Waals surface area contributed by atoms with Crippen LogP contribution in [0.2, 0.25) is 0 Å². The van der Waals surface area contributed by atoms with Gasteiger partial charge in [-0.1, -0.05) is 12.1 Å². The maximum atomic E-state index is 12.9. The summed E-state index contributed by atoms with van der Waals surface area (Å²) in [7, 11) is -3.04. The zero-order valence-electron chi connectivity index (χ0n) is 6.83. The molecule has 1 radical (unpaired) electrons. The molecule has 0 bridgehead atoms.